The molecule has 4 rings (SSSR count). The standard InChI is InChI=1S/C26H34FN3O4/c1-3-33-17-18-15-28-26(29-16-18)30-9-6-19(7-10-30)23-12-20(23)8-11-34-22-5-4-21(24(27)14-22)13-25(31)32-2/h4-5,14-16,19-20,23H,3,6-13,17H2,1-2H3. The fourth-order valence-corrected chi connectivity index (χ4v) is 4.83. The third-order valence-electron chi connectivity index (χ3n) is 6.91. The van der Waals surface area contributed by atoms with Gasteiger partial charge in [0.1, 0.15) is 11.6 Å². The van der Waals surface area contributed by atoms with Crippen molar-refractivity contribution in [2.75, 3.05) is 38.3 Å². The van der Waals surface area contributed by atoms with Crippen LogP contribution in [0.25, 0.3) is 0 Å². The van der Waals surface area contributed by atoms with Crippen molar-refractivity contribution in [3.05, 3.63) is 47.5 Å². The van der Waals surface area contributed by atoms with E-state index in [0.29, 0.717) is 37.1 Å². The van der Waals surface area contributed by atoms with Gasteiger partial charge in [-0.1, -0.05) is 6.07 Å². The monoisotopic (exact) mass is 471 g/mol. The summed E-state index contributed by atoms with van der Waals surface area (Å²) < 4.78 is 29.9. The highest BCUT2D eigenvalue weighted by atomic mass is 19.1. The van der Waals surface area contributed by atoms with E-state index in [1.165, 1.54) is 32.4 Å². The lowest BCUT2D eigenvalue weighted by Crippen LogP contribution is -2.35. The van der Waals surface area contributed by atoms with Crippen LogP contribution in [0, 0.1) is 23.6 Å². The SMILES string of the molecule is CCOCc1cnc(N2CCC(C3CC3CCOc3ccc(CC(=O)OC)c(F)c3)CC2)nc1. The molecule has 1 aromatic heterocycles. The Morgan fingerprint density at radius 1 is 1.21 bits per heavy atom. The average molecular weight is 472 g/mol. The van der Waals surface area contributed by atoms with E-state index in [-0.39, 0.29) is 6.42 Å². The molecule has 1 aliphatic heterocycles. The third-order valence-corrected chi connectivity index (χ3v) is 6.91. The Labute approximate surface area is 200 Å². The zero-order valence-corrected chi connectivity index (χ0v) is 20.0. The van der Waals surface area contributed by atoms with E-state index in [1.54, 1.807) is 12.1 Å². The number of methoxy groups -OCH3 is 1. The number of hydrogen-bond acceptors (Lipinski definition) is 7. The van der Waals surface area contributed by atoms with Crippen LogP contribution in [0.4, 0.5) is 10.3 Å². The summed E-state index contributed by atoms with van der Waals surface area (Å²) in [5, 5.41) is 0. The lowest BCUT2D eigenvalue weighted by molar-refractivity contribution is -0.139. The van der Waals surface area contributed by atoms with Crippen molar-refractivity contribution in [1.82, 2.24) is 9.97 Å². The summed E-state index contributed by atoms with van der Waals surface area (Å²) >= 11 is 0. The fourth-order valence-electron chi connectivity index (χ4n) is 4.83. The number of nitrogens with zero attached hydrogens (tertiary/aromatic N) is 3. The minimum absolute atomic E-state index is 0.0729. The Morgan fingerprint density at radius 3 is 2.65 bits per heavy atom. The van der Waals surface area contributed by atoms with Gasteiger partial charge < -0.3 is 19.1 Å². The lowest BCUT2D eigenvalue weighted by Gasteiger charge is -2.32. The molecule has 0 spiro atoms. The van der Waals surface area contributed by atoms with Crippen LogP contribution < -0.4 is 9.64 Å². The zero-order valence-electron chi connectivity index (χ0n) is 20.0. The first-order valence-electron chi connectivity index (χ1n) is 12.2. The molecule has 2 atom stereocenters. The van der Waals surface area contributed by atoms with Gasteiger partial charge in [0.2, 0.25) is 5.95 Å². The highest BCUT2D eigenvalue weighted by molar-refractivity contribution is 5.72. The molecule has 34 heavy (non-hydrogen) atoms. The maximum atomic E-state index is 14.2. The van der Waals surface area contributed by atoms with E-state index in [4.69, 9.17) is 9.47 Å². The van der Waals surface area contributed by atoms with E-state index in [2.05, 4.69) is 19.6 Å². The molecule has 2 heterocycles. The van der Waals surface area contributed by atoms with Crippen LogP contribution in [-0.2, 0) is 27.3 Å². The molecule has 1 aliphatic carbocycles. The molecule has 1 aromatic carbocycles. The van der Waals surface area contributed by atoms with Crippen molar-refractivity contribution in [1.29, 1.82) is 0 Å². The summed E-state index contributed by atoms with van der Waals surface area (Å²) in [4.78, 5) is 22.7. The minimum Gasteiger partial charge on any atom is -0.493 e. The maximum Gasteiger partial charge on any atom is 0.310 e. The van der Waals surface area contributed by atoms with E-state index in [9.17, 15) is 9.18 Å². The summed E-state index contributed by atoms with van der Waals surface area (Å²) in [5.74, 6) is 2.61. The first kappa shape index (κ1) is 24.4. The molecule has 1 saturated carbocycles. The molecule has 2 unspecified atom stereocenters. The zero-order chi connectivity index (χ0) is 23.9. The number of rotatable bonds is 11. The van der Waals surface area contributed by atoms with Gasteiger partial charge in [0.15, 0.2) is 0 Å². The minimum atomic E-state index is -0.457. The molecule has 2 fully saturated rings. The fraction of sp³-hybridized carbons (Fsp3) is 0.577. The summed E-state index contributed by atoms with van der Waals surface area (Å²) in [6.07, 6.45) is 8.22. The molecule has 7 nitrogen and oxygen atoms in total. The Balaban J connectivity index is 1.16. The van der Waals surface area contributed by atoms with Crippen molar-refractivity contribution in [3.63, 3.8) is 0 Å². The van der Waals surface area contributed by atoms with Gasteiger partial charge in [-0.2, -0.15) is 0 Å². The van der Waals surface area contributed by atoms with E-state index in [1.807, 2.05) is 19.3 Å². The van der Waals surface area contributed by atoms with Gasteiger partial charge in [0.25, 0.3) is 0 Å². The number of anilines is 1. The molecule has 0 radical (unpaired) electrons. The largest absolute Gasteiger partial charge is 0.493 e. The van der Waals surface area contributed by atoms with Crippen molar-refractivity contribution in [3.8, 4) is 5.75 Å². The predicted octanol–water partition coefficient (Wildman–Crippen LogP) is 4.19. The van der Waals surface area contributed by atoms with Crippen LogP contribution in [0.1, 0.15) is 43.7 Å². The summed E-state index contributed by atoms with van der Waals surface area (Å²) in [5.41, 5.74) is 1.32. The van der Waals surface area contributed by atoms with Crippen LogP contribution in [0.15, 0.2) is 30.6 Å². The molecule has 0 amide bonds. The molecule has 0 bridgehead atoms. The molecule has 2 aliphatic rings. The van der Waals surface area contributed by atoms with Gasteiger partial charge in [-0.25, -0.2) is 14.4 Å². The number of carbonyl (C=O) groups is 1. The first-order chi connectivity index (χ1) is 16.6. The lowest BCUT2D eigenvalue weighted by atomic mass is 9.90. The van der Waals surface area contributed by atoms with Gasteiger partial charge in [0, 0.05) is 43.7 Å². The molecule has 0 N–H and O–H groups in total. The summed E-state index contributed by atoms with van der Waals surface area (Å²) in [6.45, 7) is 5.79. The molecule has 8 heteroatoms. The second-order valence-corrected chi connectivity index (χ2v) is 9.16. The van der Waals surface area contributed by atoms with Crippen LogP contribution in [-0.4, -0.2) is 49.4 Å². The third kappa shape index (κ3) is 6.44. The number of aromatic nitrogens is 2. The van der Waals surface area contributed by atoms with Crippen molar-refractivity contribution >= 4 is 11.9 Å². The van der Waals surface area contributed by atoms with Crippen molar-refractivity contribution in [2.45, 2.75) is 45.6 Å². The summed E-state index contributed by atoms with van der Waals surface area (Å²) in [7, 11) is 1.30. The quantitative estimate of drug-likeness (QED) is 0.455. The van der Waals surface area contributed by atoms with Crippen molar-refractivity contribution < 1.29 is 23.4 Å². The highest BCUT2D eigenvalue weighted by Gasteiger charge is 2.43. The number of ether oxygens (including phenoxy) is 3. The Morgan fingerprint density at radius 2 is 1.97 bits per heavy atom. The number of piperidine rings is 1. The van der Waals surface area contributed by atoms with Gasteiger partial charge in [0.05, 0.1) is 26.7 Å². The topological polar surface area (TPSA) is 73.8 Å². The van der Waals surface area contributed by atoms with Gasteiger partial charge >= 0.3 is 5.97 Å². The van der Waals surface area contributed by atoms with Gasteiger partial charge in [-0.05, 0) is 62.0 Å². The Kier molecular flexibility index (Phi) is 8.32. The normalized spacial score (nSPS) is 20.3. The smallest absolute Gasteiger partial charge is 0.310 e. The van der Waals surface area contributed by atoms with E-state index < -0.39 is 11.8 Å². The highest BCUT2D eigenvalue weighted by Crippen LogP contribution is 2.49. The molecule has 2 aromatic rings. The molecule has 184 valence electrons. The molecule has 1 saturated heterocycles. The van der Waals surface area contributed by atoms with Gasteiger partial charge in [-0.3, -0.25) is 4.79 Å². The van der Waals surface area contributed by atoms with Crippen LogP contribution in [0.3, 0.4) is 0 Å². The number of halogens is 1. The number of benzene rings is 1. The first-order valence-corrected chi connectivity index (χ1v) is 12.2. The number of hydrogen-bond donors (Lipinski definition) is 0. The summed E-state index contributed by atoms with van der Waals surface area (Å²) in [6, 6.07) is 4.66. The predicted molar refractivity (Wildman–Crippen MR) is 126 cm³/mol. The second-order valence-electron chi connectivity index (χ2n) is 9.16. The van der Waals surface area contributed by atoms with Crippen molar-refractivity contribution in [2.24, 2.45) is 17.8 Å². The molecular formula is C26H34FN3O4. The van der Waals surface area contributed by atoms with Crippen LogP contribution in [0.2, 0.25) is 0 Å². The number of esters is 1. The van der Waals surface area contributed by atoms with Gasteiger partial charge in [-0.15, -0.1) is 0 Å². The van der Waals surface area contributed by atoms with Crippen LogP contribution >= 0.6 is 0 Å². The second kappa shape index (κ2) is 11.6. The Hall–Kier alpha value is -2.74. The maximum absolute atomic E-state index is 14.2. The Bertz CT molecular complexity index is 948. The van der Waals surface area contributed by atoms with Crippen LogP contribution in [0.5, 0.6) is 5.75 Å². The number of carbonyl (C=O) groups excluding carboxylic acids is 1. The van der Waals surface area contributed by atoms with E-state index >= 15 is 0 Å². The molecular weight excluding hydrogens is 437 g/mol. The van der Waals surface area contributed by atoms with E-state index in [0.717, 1.165) is 42.9 Å². The average Bonchev–Trinajstić information content (AvgIpc) is 3.64.